The lowest BCUT2D eigenvalue weighted by Gasteiger charge is -2.22. The minimum absolute atomic E-state index is 0.0619. The van der Waals surface area contributed by atoms with E-state index >= 15 is 0 Å². The second-order valence-electron chi connectivity index (χ2n) is 8.76. The molecule has 0 spiro atoms. The van der Waals surface area contributed by atoms with Crippen molar-refractivity contribution in [3.05, 3.63) is 40.9 Å². The van der Waals surface area contributed by atoms with Crippen molar-refractivity contribution in [1.82, 2.24) is 10.5 Å². The first kappa shape index (κ1) is 16.7. The van der Waals surface area contributed by atoms with Crippen LogP contribution in [0.4, 0.5) is 4.39 Å². The second-order valence-corrected chi connectivity index (χ2v) is 8.76. The fraction of sp³-hybridized carbons (Fsp3) is 0.545. The van der Waals surface area contributed by atoms with E-state index in [0.717, 1.165) is 55.4 Å². The molecule has 0 radical (unpaired) electrons. The summed E-state index contributed by atoms with van der Waals surface area (Å²) >= 11 is 0. The van der Waals surface area contributed by atoms with Crippen molar-refractivity contribution < 1.29 is 18.4 Å². The van der Waals surface area contributed by atoms with Crippen molar-refractivity contribution in [1.29, 1.82) is 0 Å². The van der Waals surface area contributed by atoms with Gasteiger partial charge in [-0.1, -0.05) is 17.3 Å². The van der Waals surface area contributed by atoms with E-state index in [0.29, 0.717) is 29.7 Å². The molecule has 2 bridgehead atoms. The highest BCUT2D eigenvalue weighted by atomic mass is 19.1. The van der Waals surface area contributed by atoms with Crippen molar-refractivity contribution >= 4 is 5.91 Å². The fourth-order valence-corrected chi connectivity index (χ4v) is 4.93. The summed E-state index contributed by atoms with van der Waals surface area (Å²) < 4.78 is 26.8. The summed E-state index contributed by atoms with van der Waals surface area (Å²) in [6, 6.07) is 5.52. The molecule has 1 aromatic carbocycles. The Hall–Kier alpha value is -2.21. The Bertz CT molecular complexity index is 947. The molecule has 146 valence electrons. The number of nitrogens with one attached hydrogen (secondary N) is 1. The molecule has 6 rings (SSSR count). The average Bonchev–Trinajstić information content (AvgIpc) is 3.60. The minimum Gasteiger partial charge on any atom is -0.372 e. The number of hydrogen-bond acceptors (Lipinski definition) is 4. The number of halogens is 1. The Balaban J connectivity index is 1.34. The van der Waals surface area contributed by atoms with Gasteiger partial charge in [-0.25, -0.2) is 4.39 Å². The van der Waals surface area contributed by atoms with Crippen LogP contribution in [0.5, 0.6) is 0 Å². The molecule has 4 fully saturated rings. The molecular weight excluding hydrogens is 359 g/mol. The highest BCUT2D eigenvalue weighted by molar-refractivity contribution is 5.83. The van der Waals surface area contributed by atoms with E-state index in [-0.39, 0.29) is 29.8 Å². The molecule has 2 aromatic rings. The zero-order valence-electron chi connectivity index (χ0n) is 15.6. The Morgan fingerprint density at radius 2 is 2.00 bits per heavy atom. The van der Waals surface area contributed by atoms with Gasteiger partial charge in [0.15, 0.2) is 0 Å². The van der Waals surface area contributed by atoms with Crippen molar-refractivity contribution in [2.45, 2.75) is 69.1 Å². The minimum atomic E-state index is -0.249. The van der Waals surface area contributed by atoms with Crippen LogP contribution >= 0.6 is 0 Å². The zero-order chi connectivity index (χ0) is 18.8. The summed E-state index contributed by atoms with van der Waals surface area (Å²) in [4.78, 5) is 12.0. The van der Waals surface area contributed by atoms with Gasteiger partial charge in [-0.2, -0.15) is 0 Å². The third kappa shape index (κ3) is 2.69. The largest absolute Gasteiger partial charge is 0.372 e. The Morgan fingerprint density at radius 1 is 1.18 bits per heavy atom. The van der Waals surface area contributed by atoms with Crippen LogP contribution in [-0.4, -0.2) is 23.2 Å². The molecule has 28 heavy (non-hydrogen) atoms. The first-order valence-electron chi connectivity index (χ1n) is 10.4. The van der Waals surface area contributed by atoms with Crippen molar-refractivity contribution in [2.75, 3.05) is 0 Å². The summed E-state index contributed by atoms with van der Waals surface area (Å²) in [6.07, 6.45) is 5.97. The van der Waals surface area contributed by atoms with Crippen LogP contribution in [0.2, 0.25) is 0 Å². The lowest BCUT2D eigenvalue weighted by Crippen LogP contribution is -2.39. The molecule has 1 amide bonds. The molecule has 1 N–H and O–H groups in total. The number of fused-ring (bicyclic) bond motifs is 2. The van der Waals surface area contributed by atoms with Gasteiger partial charge in [0.2, 0.25) is 5.91 Å². The molecule has 0 unspecified atom stereocenters. The highest BCUT2D eigenvalue weighted by Crippen LogP contribution is 2.49. The van der Waals surface area contributed by atoms with Gasteiger partial charge in [-0.3, -0.25) is 4.79 Å². The predicted octanol–water partition coefficient (Wildman–Crippen LogP) is 4.03. The SMILES string of the molecule is O=C1N[C@@H]2C[C@@H](OCc3c(-c4c(F)cccc4C4CC4)noc3C3CC3)[C@H]1C2. The number of carbonyl (C=O) groups is 1. The van der Waals surface area contributed by atoms with Gasteiger partial charge in [-0.15, -0.1) is 0 Å². The van der Waals surface area contributed by atoms with Crippen LogP contribution in [0.25, 0.3) is 11.3 Å². The van der Waals surface area contributed by atoms with E-state index in [2.05, 4.69) is 10.5 Å². The van der Waals surface area contributed by atoms with E-state index < -0.39 is 0 Å². The van der Waals surface area contributed by atoms with E-state index in [1.807, 2.05) is 6.07 Å². The van der Waals surface area contributed by atoms with Crippen molar-refractivity contribution in [3.63, 3.8) is 0 Å². The van der Waals surface area contributed by atoms with Crippen LogP contribution in [0.1, 0.15) is 67.2 Å². The Labute approximate surface area is 162 Å². The molecule has 1 aromatic heterocycles. The van der Waals surface area contributed by atoms with Gasteiger partial charge >= 0.3 is 0 Å². The molecule has 3 saturated carbocycles. The van der Waals surface area contributed by atoms with Gasteiger partial charge in [-0.05, 0) is 56.1 Å². The topological polar surface area (TPSA) is 64.4 Å². The maximum Gasteiger partial charge on any atom is 0.226 e. The summed E-state index contributed by atoms with van der Waals surface area (Å²) in [7, 11) is 0. The normalized spacial score (nSPS) is 28.8. The number of aromatic nitrogens is 1. The van der Waals surface area contributed by atoms with E-state index in [4.69, 9.17) is 9.26 Å². The lowest BCUT2D eigenvalue weighted by molar-refractivity contribution is -0.129. The van der Waals surface area contributed by atoms with E-state index in [1.54, 1.807) is 6.07 Å². The van der Waals surface area contributed by atoms with Gasteiger partial charge in [0.25, 0.3) is 0 Å². The fourth-order valence-electron chi connectivity index (χ4n) is 4.93. The molecule has 6 heteroatoms. The Kier molecular flexibility index (Phi) is 3.67. The first-order valence-corrected chi connectivity index (χ1v) is 10.4. The van der Waals surface area contributed by atoms with Gasteiger partial charge in [0, 0.05) is 23.1 Å². The molecule has 1 saturated heterocycles. The van der Waals surface area contributed by atoms with Crippen molar-refractivity contribution in [3.8, 4) is 11.3 Å². The number of rotatable bonds is 6. The average molecular weight is 382 g/mol. The Morgan fingerprint density at radius 3 is 2.71 bits per heavy atom. The summed E-state index contributed by atoms with van der Waals surface area (Å²) in [5.41, 5.74) is 3.06. The maximum absolute atomic E-state index is 14.9. The van der Waals surface area contributed by atoms with Crippen molar-refractivity contribution in [2.24, 2.45) is 5.92 Å². The van der Waals surface area contributed by atoms with Gasteiger partial charge < -0.3 is 14.6 Å². The van der Waals surface area contributed by atoms with Crippen LogP contribution < -0.4 is 5.32 Å². The molecule has 3 atom stereocenters. The number of piperidine rings is 1. The zero-order valence-corrected chi connectivity index (χ0v) is 15.6. The molecule has 1 aliphatic heterocycles. The number of nitrogens with zero attached hydrogens (tertiary/aromatic N) is 1. The number of amides is 1. The van der Waals surface area contributed by atoms with Gasteiger partial charge in [0.1, 0.15) is 17.3 Å². The quantitative estimate of drug-likeness (QED) is 0.819. The molecule has 4 aliphatic rings. The number of hydrogen-bond donors (Lipinski definition) is 1. The molecule has 2 heterocycles. The highest BCUT2D eigenvalue weighted by Gasteiger charge is 2.46. The molecular formula is C22H23FN2O3. The number of carbonyl (C=O) groups excluding carboxylic acids is 1. The molecule has 3 aliphatic carbocycles. The lowest BCUT2D eigenvalue weighted by atomic mass is 9.96. The van der Waals surface area contributed by atoms with Gasteiger partial charge in [0.05, 0.1) is 18.6 Å². The standard InChI is InChI=1S/C22H23FN2O3/c23-17-3-1-2-14(11-4-5-11)19(17)20-16(21(28-25-20)12-6-7-12)10-27-18-9-13-8-15(18)22(26)24-13/h1-3,11-13,15,18H,4-10H2,(H,24,26)/t13-,15+,18+/m0/s1. The summed E-state index contributed by atoms with van der Waals surface area (Å²) in [5.74, 6) is 1.40. The molecule has 5 nitrogen and oxygen atoms in total. The van der Waals surface area contributed by atoms with Crippen LogP contribution in [0.15, 0.2) is 22.7 Å². The van der Waals surface area contributed by atoms with Crippen LogP contribution in [0.3, 0.4) is 0 Å². The predicted molar refractivity (Wildman–Crippen MR) is 99.1 cm³/mol. The van der Waals surface area contributed by atoms with E-state index in [9.17, 15) is 9.18 Å². The second kappa shape index (κ2) is 6.14. The number of benzene rings is 1. The summed E-state index contributed by atoms with van der Waals surface area (Å²) in [5, 5.41) is 7.30. The van der Waals surface area contributed by atoms with Crippen LogP contribution in [0, 0.1) is 11.7 Å². The number of ether oxygens (including phenoxy) is 1. The monoisotopic (exact) mass is 382 g/mol. The van der Waals surface area contributed by atoms with E-state index in [1.165, 1.54) is 6.07 Å². The summed E-state index contributed by atoms with van der Waals surface area (Å²) in [6.45, 7) is 0.324. The third-order valence-corrected chi connectivity index (χ3v) is 6.70. The smallest absolute Gasteiger partial charge is 0.226 e. The maximum atomic E-state index is 14.9. The van der Waals surface area contributed by atoms with Crippen LogP contribution in [-0.2, 0) is 16.1 Å². The first-order chi connectivity index (χ1) is 13.7. The third-order valence-electron chi connectivity index (χ3n) is 6.70.